The summed E-state index contributed by atoms with van der Waals surface area (Å²) < 4.78 is 5.26. The first-order valence-electron chi connectivity index (χ1n) is 10.5. The molecule has 6 nitrogen and oxygen atoms in total. The van der Waals surface area contributed by atoms with Crippen molar-refractivity contribution in [3.05, 3.63) is 54.1 Å². The van der Waals surface area contributed by atoms with Crippen molar-refractivity contribution >= 4 is 23.2 Å². The minimum absolute atomic E-state index is 0.00731. The number of nitrogens with zero attached hydrogens (tertiary/aromatic N) is 1. The zero-order valence-corrected chi connectivity index (χ0v) is 18.0. The molecule has 2 aromatic rings. The van der Waals surface area contributed by atoms with E-state index in [2.05, 4.69) is 29.4 Å². The van der Waals surface area contributed by atoms with E-state index in [9.17, 15) is 9.59 Å². The van der Waals surface area contributed by atoms with Gasteiger partial charge in [0.15, 0.2) is 0 Å². The number of rotatable bonds is 7. The largest absolute Gasteiger partial charge is 0.495 e. The van der Waals surface area contributed by atoms with Crippen molar-refractivity contribution in [2.24, 2.45) is 11.8 Å². The molecule has 0 radical (unpaired) electrons. The van der Waals surface area contributed by atoms with E-state index in [1.165, 1.54) is 6.42 Å². The maximum Gasteiger partial charge on any atom is 0.255 e. The maximum absolute atomic E-state index is 12.5. The first-order chi connectivity index (χ1) is 14.4. The van der Waals surface area contributed by atoms with Gasteiger partial charge in [-0.3, -0.25) is 9.59 Å². The summed E-state index contributed by atoms with van der Waals surface area (Å²) in [6.45, 7) is 7.45. The van der Waals surface area contributed by atoms with Crippen LogP contribution in [0.1, 0.15) is 37.0 Å². The standard InChI is InChI=1S/C24H31N3O3/c1-17-14-18(2)16-27(15-17)13-12-23(28)25-20-10-8-19(9-11-20)24(29)26-21-6-4-5-7-22(21)30-3/h4-11,17-18H,12-16H2,1-3H3,(H,25,28)(H,26,29)/t17-,18-/m1/s1. The highest BCUT2D eigenvalue weighted by molar-refractivity contribution is 6.05. The highest BCUT2D eigenvalue weighted by atomic mass is 16.5. The predicted molar refractivity (Wildman–Crippen MR) is 120 cm³/mol. The maximum atomic E-state index is 12.5. The number of piperidine rings is 1. The first-order valence-corrected chi connectivity index (χ1v) is 10.5. The van der Waals surface area contributed by atoms with Crippen LogP contribution in [0.3, 0.4) is 0 Å². The summed E-state index contributed by atoms with van der Waals surface area (Å²) in [7, 11) is 1.56. The minimum Gasteiger partial charge on any atom is -0.495 e. The van der Waals surface area contributed by atoms with E-state index in [4.69, 9.17) is 4.74 Å². The SMILES string of the molecule is COc1ccccc1NC(=O)c1ccc(NC(=O)CCN2C[C@H](C)C[C@@H](C)C2)cc1. The molecule has 160 valence electrons. The number of methoxy groups -OCH3 is 1. The van der Waals surface area contributed by atoms with Crippen molar-refractivity contribution in [1.82, 2.24) is 4.90 Å². The topological polar surface area (TPSA) is 70.7 Å². The molecule has 3 rings (SSSR count). The molecule has 1 aliphatic heterocycles. The molecular formula is C24H31N3O3. The van der Waals surface area contributed by atoms with Crippen molar-refractivity contribution in [2.75, 3.05) is 37.4 Å². The molecule has 0 aliphatic carbocycles. The molecular weight excluding hydrogens is 378 g/mol. The third-order valence-electron chi connectivity index (χ3n) is 5.39. The van der Waals surface area contributed by atoms with Crippen LogP contribution in [0.4, 0.5) is 11.4 Å². The highest BCUT2D eigenvalue weighted by Gasteiger charge is 2.21. The van der Waals surface area contributed by atoms with Gasteiger partial charge in [0.1, 0.15) is 5.75 Å². The Balaban J connectivity index is 1.50. The Kier molecular flexibility index (Phi) is 7.46. The summed E-state index contributed by atoms with van der Waals surface area (Å²) in [5.41, 5.74) is 1.81. The van der Waals surface area contributed by atoms with Crippen LogP contribution in [-0.2, 0) is 4.79 Å². The number of carbonyl (C=O) groups is 2. The predicted octanol–water partition coefficient (Wildman–Crippen LogP) is 4.25. The van der Waals surface area contributed by atoms with Gasteiger partial charge < -0.3 is 20.3 Å². The number of hydrogen-bond donors (Lipinski definition) is 2. The van der Waals surface area contributed by atoms with E-state index in [-0.39, 0.29) is 11.8 Å². The van der Waals surface area contributed by atoms with E-state index in [0.29, 0.717) is 40.9 Å². The van der Waals surface area contributed by atoms with Gasteiger partial charge in [-0.2, -0.15) is 0 Å². The number of para-hydroxylation sites is 2. The molecule has 0 saturated carbocycles. The fourth-order valence-corrected chi connectivity index (χ4v) is 4.11. The molecule has 0 unspecified atom stereocenters. The van der Waals surface area contributed by atoms with Crippen molar-refractivity contribution < 1.29 is 14.3 Å². The Labute approximate surface area is 178 Å². The minimum atomic E-state index is -0.231. The molecule has 1 aliphatic rings. The summed E-state index contributed by atoms with van der Waals surface area (Å²) in [4.78, 5) is 27.2. The molecule has 1 saturated heterocycles. The summed E-state index contributed by atoms with van der Waals surface area (Å²) in [5.74, 6) is 1.74. The van der Waals surface area contributed by atoms with Gasteiger partial charge in [0.25, 0.3) is 5.91 Å². The van der Waals surface area contributed by atoms with E-state index >= 15 is 0 Å². The number of hydrogen-bond acceptors (Lipinski definition) is 4. The summed E-state index contributed by atoms with van der Waals surface area (Å²) in [6.07, 6.45) is 1.73. The third-order valence-corrected chi connectivity index (χ3v) is 5.39. The van der Waals surface area contributed by atoms with Crippen LogP contribution < -0.4 is 15.4 Å². The van der Waals surface area contributed by atoms with Crippen LogP contribution in [0.25, 0.3) is 0 Å². The van der Waals surface area contributed by atoms with Gasteiger partial charge in [0.2, 0.25) is 5.91 Å². The van der Waals surface area contributed by atoms with Gasteiger partial charge >= 0.3 is 0 Å². The average molecular weight is 410 g/mol. The normalized spacial score (nSPS) is 19.2. The third kappa shape index (κ3) is 6.07. The Morgan fingerprint density at radius 1 is 1.00 bits per heavy atom. The molecule has 30 heavy (non-hydrogen) atoms. The number of nitrogens with one attached hydrogen (secondary N) is 2. The van der Waals surface area contributed by atoms with Gasteiger partial charge in [-0.1, -0.05) is 26.0 Å². The molecule has 2 aromatic carbocycles. The lowest BCUT2D eigenvalue weighted by Gasteiger charge is -2.34. The fraction of sp³-hybridized carbons (Fsp3) is 0.417. The number of anilines is 2. The molecule has 2 amide bonds. The molecule has 0 aromatic heterocycles. The Morgan fingerprint density at radius 2 is 1.67 bits per heavy atom. The van der Waals surface area contributed by atoms with E-state index in [1.807, 2.05) is 12.1 Å². The monoisotopic (exact) mass is 409 g/mol. The second-order valence-corrected chi connectivity index (χ2v) is 8.24. The number of carbonyl (C=O) groups excluding carboxylic acids is 2. The summed E-state index contributed by atoms with van der Waals surface area (Å²) >= 11 is 0. The number of amides is 2. The smallest absolute Gasteiger partial charge is 0.255 e. The van der Waals surface area contributed by atoms with E-state index < -0.39 is 0 Å². The van der Waals surface area contributed by atoms with Crippen LogP contribution in [0, 0.1) is 11.8 Å². The number of likely N-dealkylation sites (tertiary alicyclic amines) is 1. The van der Waals surface area contributed by atoms with E-state index in [0.717, 1.165) is 19.6 Å². The van der Waals surface area contributed by atoms with Crippen LogP contribution >= 0.6 is 0 Å². The lowest BCUT2D eigenvalue weighted by Crippen LogP contribution is -2.40. The van der Waals surface area contributed by atoms with Gasteiger partial charge in [-0.15, -0.1) is 0 Å². The Morgan fingerprint density at radius 3 is 2.33 bits per heavy atom. The van der Waals surface area contributed by atoms with E-state index in [1.54, 1.807) is 43.5 Å². The first kappa shape index (κ1) is 21.8. The average Bonchev–Trinajstić information content (AvgIpc) is 2.72. The summed E-state index contributed by atoms with van der Waals surface area (Å²) in [5, 5.41) is 5.77. The quantitative estimate of drug-likeness (QED) is 0.717. The van der Waals surface area contributed by atoms with Gasteiger partial charge in [0, 0.05) is 37.3 Å². The molecule has 0 bridgehead atoms. The fourth-order valence-electron chi connectivity index (χ4n) is 4.11. The van der Waals surface area contributed by atoms with Crippen molar-refractivity contribution in [3.8, 4) is 5.75 Å². The zero-order valence-electron chi connectivity index (χ0n) is 18.0. The van der Waals surface area contributed by atoms with Gasteiger partial charge in [0.05, 0.1) is 12.8 Å². The van der Waals surface area contributed by atoms with Crippen molar-refractivity contribution in [2.45, 2.75) is 26.7 Å². The molecule has 2 atom stereocenters. The Bertz CT molecular complexity index is 856. The van der Waals surface area contributed by atoms with Crippen LogP contribution in [0.5, 0.6) is 5.75 Å². The van der Waals surface area contributed by atoms with Crippen LogP contribution in [0.15, 0.2) is 48.5 Å². The second kappa shape index (κ2) is 10.3. The molecule has 6 heteroatoms. The summed E-state index contributed by atoms with van der Waals surface area (Å²) in [6, 6.07) is 14.2. The van der Waals surface area contributed by atoms with Crippen molar-refractivity contribution in [3.63, 3.8) is 0 Å². The number of ether oxygens (including phenoxy) is 1. The molecule has 2 N–H and O–H groups in total. The second-order valence-electron chi connectivity index (χ2n) is 8.24. The number of benzene rings is 2. The zero-order chi connectivity index (χ0) is 21.5. The Hall–Kier alpha value is -2.86. The van der Waals surface area contributed by atoms with Gasteiger partial charge in [-0.25, -0.2) is 0 Å². The van der Waals surface area contributed by atoms with Gasteiger partial charge in [-0.05, 0) is 54.7 Å². The highest BCUT2D eigenvalue weighted by Crippen LogP contribution is 2.24. The molecule has 1 heterocycles. The van der Waals surface area contributed by atoms with Crippen LogP contribution in [-0.4, -0.2) is 43.5 Å². The molecule has 1 fully saturated rings. The molecule has 0 spiro atoms. The van der Waals surface area contributed by atoms with Crippen molar-refractivity contribution in [1.29, 1.82) is 0 Å². The van der Waals surface area contributed by atoms with Crippen LogP contribution in [0.2, 0.25) is 0 Å². The lowest BCUT2D eigenvalue weighted by molar-refractivity contribution is -0.116. The lowest BCUT2D eigenvalue weighted by atomic mass is 9.92.